The Morgan fingerprint density at radius 2 is 1.76 bits per heavy atom. The summed E-state index contributed by atoms with van der Waals surface area (Å²) in [5, 5.41) is 7.26. The minimum atomic E-state index is -0.638. The van der Waals surface area contributed by atoms with Crippen LogP contribution in [0, 0.1) is 5.82 Å². The Kier molecular flexibility index (Phi) is 5.67. The molecule has 0 aliphatic heterocycles. The molecule has 1 amide bonds. The Morgan fingerprint density at radius 1 is 1.09 bits per heavy atom. The van der Waals surface area contributed by atoms with Gasteiger partial charge in [0.1, 0.15) is 12.4 Å². The van der Waals surface area contributed by atoms with Crippen LogP contribution in [0.2, 0.25) is 0 Å². The highest BCUT2D eigenvalue weighted by Crippen LogP contribution is 2.14. The van der Waals surface area contributed by atoms with Crippen molar-refractivity contribution in [1.29, 1.82) is 0 Å². The highest BCUT2D eigenvalue weighted by atomic mass is 19.1. The SMILES string of the molecule is CCC(C)NC(=O)c1ccc2c(=O)n(C)c3nn(CC(=O)c4ccc(F)cc4)c(=O)n3c2c1. The highest BCUT2D eigenvalue weighted by molar-refractivity contribution is 5.98. The number of benzene rings is 2. The molecular formula is C23H22FN5O4. The maximum atomic E-state index is 13.2. The van der Waals surface area contributed by atoms with E-state index in [1.165, 1.54) is 46.3 Å². The predicted molar refractivity (Wildman–Crippen MR) is 120 cm³/mol. The van der Waals surface area contributed by atoms with E-state index in [2.05, 4.69) is 10.4 Å². The highest BCUT2D eigenvalue weighted by Gasteiger charge is 2.19. The number of Topliss-reactive ketones (excluding diaryl/α,β-unsaturated/α-hetero) is 1. The third-order valence-corrected chi connectivity index (χ3v) is 5.61. The summed E-state index contributed by atoms with van der Waals surface area (Å²) in [6.07, 6.45) is 0.748. The molecule has 1 atom stereocenters. The van der Waals surface area contributed by atoms with Crippen LogP contribution >= 0.6 is 0 Å². The summed E-state index contributed by atoms with van der Waals surface area (Å²) < 4.78 is 16.5. The fourth-order valence-corrected chi connectivity index (χ4v) is 3.51. The van der Waals surface area contributed by atoms with Crippen LogP contribution in [-0.2, 0) is 13.6 Å². The number of nitrogens with one attached hydrogen (secondary N) is 1. The monoisotopic (exact) mass is 451 g/mol. The molecule has 4 rings (SSSR count). The van der Waals surface area contributed by atoms with Crippen LogP contribution in [0.5, 0.6) is 0 Å². The van der Waals surface area contributed by atoms with Crippen LogP contribution in [0.3, 0.4) is 0 Å². The number of carbonyl (C=O) groups is 2. The molecule has 10 heteroatoms. The first-order chi connectivity index (χ1) is 15.7. The number of nitrogens with zero attached hydrogens (tertiary/aromatic N) is 4. The lowest BCUT2D eigenvalue weighted by molar-refractivity contribution is 0.0937. The van der Waals surface area contributed by atoms with Crippen LogP contribution in [-0.4, -0.2) is 36.5 Å². The van der Waals surface area contributed by atoms with Crippen molar-refractivity contribution < 1.29 is 14.0 Å². The fraction of sp³-hybridized carbons (Fsp3) is 0.261. The van der Waals surface area contributed by atoms with E-state index in [4.69, 9.17) is 0 Å². The second-order valence-electron chi connectivity index (χ2n) is 7.88. The zero-order valence-electron chi connectivity index (χ0n) is 18.3. The van der Waals surface area contributed by atoms with Crippen LogP contribution < -0.4 is 16.6 Å². The number of hydrogen-bond donors (Lipinski definition) is 1. The van der Waals surface area contributed by atoms with Crippen molar-refractivity contribution in [2.24, 2.45) is 7.05 Å². The number of fused-ring (bicyclic) bond motifs is 3. The van der Waals surface area contributed by atoms with Crippen molar-refractivity contribution in [3.05, 3.63) is 80.2 Å². The number of amides is 1. The lowest BCUT2D eigenvalue weighted by Crippen LogP contribution is -2.32. The van der Waals surface area contributed by atoms with Crippen LogP contribution in [0.1, 0.15) is 41.0 Å². The topological polar surface area (TPSA) is 107 Å². The first-order valence-electron chi connectivity index (χ1n) is 10.4. The molecule has 0 saturated heterocycles. The maximum absolute atomic E-state index is 13.2. The molecule has 33 heavy (non-hydrogen) atoms. The molecule has 170 valence electrons. The molecule has 0 aliphatic rings. The van der Waals surface area contributed by atoms with Crippen molar-refractivity contribution in [2.75, 3.05) is 0 Å². The molecule has 1 N–H and O–H groups in total. The lowest BCUT2D eigenvalue weighted by atomic mass is 10.1. The Balaban J connectivity index is 1.84. The van der Waals surface area contributed by atoms with Crippen LogP contribution in [0.4, 0.5) is 4.39 Å². The fourth-order valence-electron chi connectivity index (χ4n) is 3.51. The summed E-state index contributed by atoms with van der Waals surface area (Å²) >= 11 is 0. The number of ketones is 1. The Labute approximate surface area is 187 Å². The Bertz CT molecular complexity index is 1510. The number of rotatable bonds is 6. The molecule has 0 saturated carbocycles. The van der Waals surface area contributed by atoms with Gasteiger partial charge in [-0.2, -0.15) is 0 Å². The van der Waals surface area contributed by atoms with Gasteiger partial charge in [-0.25, -0.2) is 18.3 Å². The minimum Gasteiger partial charge on any atom is -0.350 e. The van der Waals surface area contributed by atoms with Gasteiger partial charge in [0.15, 0.2) is 5.78 Å². The second kappa shape index (κ2) is 8.45. The second-order valence-corrected chi connectivity index (χ2v) is 7.88. The van der Waals surface area contributed by atoms with Gasteiger partial charge in [-0.1, -0.05) is 6.92 Å². The van der Waals surface area contributed by atoms with Crippen LogP contribution in [0.15, 0.2) is 52.1 Å². The third kappa shape index (κ3) is 3.95. The van der Waals surface area contributed by atoms with Gasteiger partial charge in [-0.3, -0.25) is 19.0 Å². The van der Waals surface area contributed by atoms with Gasteiger partial charge in [-0.05, 0) is 55.8 Å². The number of carbonyl (C=O) groups excluding carboxylic acids is 2. The van der Waals surface area contributed by atoms with Gasteiger partial charge >= 0.3 is 5.69 Å². The summed E-state index contributed by atoms with van der Waals surface area (Å²) in [5.74, 6) is -1.22. The molecule has 0 spiro atoms. The molecule has 9 nitrogen and oxygen atoms in total. The van der Waals surface area contributed by atoms with Gasteiger partial charge in [-0.15, -0.1) is 5.10 Å². The summed E-state index contributed by atoms with van der Waals surface area (Å²) in [6.45, 7) is 3.43. The molecule has 2 heterocycles. The van der Waals surface area contributed by atoms with Gasteiger partial charge in [0, 0.05) is 24.2 Å². The normalized spacial score (nSPS) is 12.2. The molecule has 0 fully saturated rings. The lowest BCUT2D eigenvalue weighted by Gasteiger charge is -2.12. The summed E-state index contributed by atoms with van der Waals surface area (Å²) in [5.41, 5.74) is -0.299. The largest absolute Gasteiger partial charge is 0.352 e. The van der Waals surface area contributed by atoms with E-state index >= 15 is 0 Å². The third-order valence-electron chi connectivity index (χ3n) is 5.61. The van der Waals surface area contributed by atoms with E-state index in [-0.39, 0.29) is 34.2 Å². The van der Waals surface area contributed by atoms with E-state index in [1.54, 1.807) is 0 Å². The first-order valence-corrected chi connectivity index (χ1v) is 10.4. The van der Waals surface area contributed by atoms with Crippen molar-refractivity contribution >= 4 is 28.4 Å². The predicted octanol–water partition coefficient (Wildman–Crippen LogP) is 1.90. The molecule has 1 unspecified atom stereocenters. The Morgan fingerprint density at radius 3 is 2.42 bits per heavy atom. The van der Waals surface area contributed by atoms with Crippen molar-refractivity contribution in [3.8, 4) is 0 Å². The van der Waals surface area contributed by atoms with Crippen LogP contribution in [0.25, 0.3) is 16.7 Å². The number of halogens is 1. The average molecular weight is 451 g/mol. The maximum Gasteiger partial charge on any atom is 0.352 e. The molecule has 2 aromatic heterocycles. The molecule has 0 aliphatic carbocycles. The van der Waals surface area contributed by atoms with Crippen molar-refractivity contribution in [3.63, 3.8) is 0 Å². The van der Waals surface area contributed by atoms with Gasteiger partial charge in [0.2, 0.25) is 5.78 Å². The van der Waals surface area contributed by atoms with E-state index in [0.29, 0.717) is 5.56 Å². The van der Waals surface area contributed by atoms with Crippen molar-refractivity contribution in [2.45, 2.75) is 32.9 Å². The average Bonchev–Trinajstić information content (AvgIpc) is 3.13. The molecule has 0 bridgehead atoms. The van der Waals surface area contributed by atoms with Gasteiger partial charge in [0.25, 0.3) is 11.5 Å². The van der Waals surface area contributed by atoms with Crippen molar-refractivity contribution in [1.82, 2.24) is 24.1 Å². The quantitative estimate of drug-likeness (QED) is 0.451. The summed E-state index contributed by atoms with van der Waals surface area (Å²) in [7, 11) is 1.47. The molecule has 2 aromatic carbocycles. The standard InChI is InChI=1S/C23H22FN5O4/c1-4-13(2)25-20(31)15-7-10-17-18(11-15)29-22(27(3)21(17)32)26-28(23(29)33)12-19(30)14-5-8-16(24)9-6-14/h5-11,13H,4,12H2,1-3H3,(H,25,31). The number of aryl methyl sites for hydroxylation is 1. The first kappa shape index (κ1) is 22.1. The van der Waals surface area contributed by atoms with Gasteiger partial charge < -0.3 is 5.32 Å². The van der Waals surface area contributed by atoms with E-state index in [9.17, 15) is 23.6 Å². The minimum absolute atomic E-state index is 0.0314. The van der Waals surface area contributed by atoms with E-state index < -0.39 is 29.4 Å². The molecule has 4 aromatic rings. The zero-order valence-corrected chi connectivity index (χ0v) is 18.3. The summed E-state index contributed by atoms with van der Waals surface area (Å²) in [6, 6.07) is 9.41. The van der Waals surface area contributed by atoms with Gasteiger partial charge in [0.05, 0.1) is 10.9 Å². The molecular weight excluding hydrogens is 429 g/mol. The Hall–Kier alpha value is -4.08. The summed E-state index contributed by atoms with van der Waals surface area (Å²) in [4.78, 5) is 51.2. The zero-order chi connectivity index (χ0) is 23.9. The van der Waals surface area contributed by atoms with E-state index in [1.807, 2.05) is 13.8 Å². The van der Waals surface area contributed by atoms with E-state index in [0.717, 1.165) is 23.2 Å². The number of hydrogen-bond acceptors (Lipinski definition) is 5. The smallest absolute Gasteiger partial charge is 0.350 e. The number of aromatic nitrogens is 4. The molecule has 0 radical (unpaired) electrons.